The highest BCUT2D eigenvalue weighted by Gasteiger charge is 2.19. The van der Waals surface area contributed by atoms with Gasteiger partial charge in [-0.3, -0.25) is 0 Å². The Labute approximate surface area is 91.9 Å². The van der Waals surface area contributed by atoms with Crippen molar-refractivity contribution in [3.63, 3.8) is 0 Å². The molecule has 0 spiro atoms. The number of rotatable bonds is 2. The van der Waals surface area contributed by atoms with E-state index < -0.39 is 5.97 Å². The number of hydrogen-bond donors (Lipinski definition) is 2. The minimum Gasteiger partial charge on any atom is -0.477 e. The first-order chi connectivity index (χ1) is 7.50. The monoisotopic (exact) mass is 221 g/mol. The molecular weight excluding hydrogens is 209 g/mol. The highest BCUT2D eigenvalue weighted by molar-refractivity contribution is 5.97. The van der Waals surface area contributed by atoms with Crippen molar-refractivity contribution in [3.05, 3.63) is 35.3 Å². The fourth-order valence-corrected chi connectivity index (χ4v) is 1.95. The van der Waals surface area contributed by atoms with Gasteiger partial charge in [0.1, 0.15) is 11.5 Å². The van der Waals surface area contributed by atoms with Crippen molar-refractivity contribution in [3.8, 4) is 0 Å². The Bertz CT molecular complexity index is 557. The minimum absolute atomic E-state index is 0.0293. The maximum Gasteiger partial charge on any atom is 0.352 e. The van der Waals surface area contributed by atoms with Gasteiger partial charge in [0.2, 0.25) is 0 Å². The Balaban J connectivity index is 2.82. The van der Waals surface area contributed by atoms with Crippen LogP contribution in [0.3, 0.4) is 0 Å². The van der Waals surface area contributed by atoms with Crippen molar-refractivity contribution >= 4 is 16.9 Å². The topological polar surface area (TPSA) is 53.1 Å². The largest absolute Gasteiger partial charge is 0.477 e. The lowest BCUT2D eigenvalue weighted by Crippen LogP contribution is -2.02. The molecule has 0 fully saturated rings. The summed E-state index contributed by atoms with van der Waals surface area (Å²) in [7, 11) is 0. The molecule has 0 saturated heterocycles. The molecule has 0 unspecified atom stereocenters. The zero-order chi connectivity index (χ0) is 11.9. The van der Waals surface area contributed by atoms with Gasteiger partial charge in [0.05, 0.1) is 0 Å². The zero-order valence-corrected chi connectivity index (χ0v) is 9.04. The molecule has 1 aromatic heterocycles. The van der Waals surface area contributed by atoms with Crippen LogP contribution >= 0.6 is 0 Å². The van der Waals surface area contributed by atoms with Gasteiger partial charge in [0.25, 0.3) is 0 Å². The highest BCUT2D eigenvalue weighted by atomic mass is 19.1. The lowest BCUT2D eigenvalue weighted by Gasteiger charge is -2.04. The van der Waals surface area contributed by atoms with Crippen LogP contribution in [0.25, 0.3) is 10.9 Å². The molecule has 2 N–H and O–H groups in total. The number of aromatic carboxylic acids is 1. The summed E-state index contributed by atoms with van der Waals surface area (Å²) in [5, 5.41) is 9.71. The third-order valence-corrected chi connectivity index (χ3v) is 2.59. The lowest BCUT2D eigenvalue weighted by molar-refractivity contribution is 0.0690. The summed E-state index contributed by atoms with van der Waals surface area (Å²) in [6, 6.07) is 4.24. The normalized spacial score (nSPS) is 11.2. The second kappa shape index (κ2) is 3.63. The average Bonchev–Trinajstić information content (AvgIpc) is 2.55. The van der Waals surface area contributed by atoms with Crippen LogP contribution in [0.4, 0.5) is 4.39 Å². The molecule has 3 nitrogen and oxygen atoms in total. The number of fused-ring (bicyclic) bond motifs is 1. The van der Waals surface area contributed by atoms with Gasteiger partial charge in [0, 0.05) is 10.9 Å². The Morgan fingerprint density at radius 3 is 2.69 bits per heavy atom. The molecule has 0 aliphatic carbocycles. The Morgan fingerprint density at radius 1 is 1.44 bits per heavy atom. The number of nitrogens with one attached hydrogen (secondary N) is 1. The van der Waals surface area contributed by atoms with Crippen LogP contribution in [-0.4, -0.2) is 16.1 Å². The summed E-state index contributed by atoms with van der Waals surface area (Å²) >= 11 is 0. The SMILES string of the molecule is CC(C)c1c(C(=O)O)[nH]c2ccc(F)cc12. The number of H-pyrrole nitrogens is 1. The van der Waals surface area contributed by atoms with E-state index >= 15 is 0 Å². The highest BCUT2D eigenvalue weighted by Crippen LogP contribution is 2.29. The van der Waals surface area contributed by atoms with E-state index in [1.165, 1.54) is 12.1 Å². The third-order valence-electron chi connectivity index (χ3n) is 2.59. The molecule has 2 aromatic rings. The molecule has 4 heteroatoms. The van der Waals surface area contributed by atoms with E-state index in [1.54, 1.807) is 6.07 Å². The fraction of sp³-hybridized carbons (Fsp3) is 0.250. The number of aromatic amines is 1. The Hall–Kier alpha value is -1.84. The summed E-state index contributed by atoms with van der Waals surface area (Å²) in [6.45, 7) is 3.78. The quantitative estimate of drug-likeness (QED) is 0.818. The maximum absolute atomic E-state index is 13.1. The van der Waals surface area contributed by atoms with Gasteiger partial charge in [-0.1, -0.05) is 13.8 Å². The van der Waals surface area contributed by atoms with Crippen LogP contribution in [0.5, 0.6) is 0 Å². The lowest BCUT2D eigenvalue weighted by atomic mass is 9.99. The predicted octanol–water partition coefficient (Wildman–Crippen LogP) is 3.13. The van der Waals surface area contributed by atoms with Crippen molar-refractivity contribution in [2.75, 3.05) is 0 Å². The van der Waals surface area contributed by atoms with Crippen LogP contribution in [0, 0.1) is 5.82 Å². The van der Waals surface area contributed by atoms with Crippen LogP contribution < -0.4 is 0 Å². The van der Waals surface area contributed by atoms with Crippen molar-refractivity contribution in [2.45, 2.75) is 19.8 Å². The summed E-state index contributed by atoms with van der Waals surface area (Å²) in [5.74, 6) is -1.34. The molecule has 0 saturated carbocycles. The number of carboxylic acids is 1. The second-order valence-corrected chi connectivity index (χ2v) is 4.06. The van der Waals surface area contributed by atoms with E-state index in [-0.39, 0.29) is 17.4 Å². The number of benzene rings is 1. The number of halogens is 1. The van der Waals surface area contributed by atoms with E-state index in [0.717, 1.165) is 0 Å². The first kappa shape index (κ1) is 10.7. The van der Waals surface area contributed by atoms with Gasteiger partial charge in [0.15, 0.2) is 0 Å². The second-order valence-electron chi connectivity index (χ2n) is 4.06. The number of carboxylic acid groups (broad SMARTS) is 1. The molecule has 0 radical (unpaired) electrons. The molecular formula is C12H12FNO2. The van der Waals surface area contributed by atoms with E-state index in [9.17, 15) is 9.18 Å². The van der Waals surface area contributed by atoms with Crippen LogP contribution in [0.15, 0.2) is 18.2 Å². The van der Waals surface area contributed by atoms with Crippen molar-refractivity contribution in [2.24, 2.45) is 0 Å². The van der Waals surface area contributed by atoms with Crippen molar-refractivity contribution in [1.29, 1.82) is 0 Å². The molecule has 0 amide bonds. The zero-order valence-electron chi connectivity index (χ0n) is 9.04. The number of carbonyl (C=O) groups is 1. The molecule has 1 aromatic carbocycles. The van der Waals surface area contributed by atoms with Gasteiger partial charge in [-0.2, -0.15) is 0 Å². The van der Waals surface area contributed by atoms with Gasteiger partial charge in [-0.05, 0) is 29.7 Å². The summed E-state index contributed by atoms with van der Waals surface area (Å²) in [4.78, 5) is 13.9. The summed E-state index contributed by atoms with van der Waals surface area (Å²) in [5.41, 5.74) is 1.46. The van der Waals surface area contributed by atoms with Crippen molar-refractivity contribution in [1.82, 2.24) is 4.98 Å². The smallest absolute Gasteiger partial charge is 0.352 e. The van der Waals surface area contributed by atoms with Crippen LogP contribution in [0.1, 0.15) is 35.8 Å². The third kappa shape index (κ3) is 1.56. The molecule has 1 heterocycles. The average molecular weight is 221 g/mol. The standard InChI is InChI=1S/C12H12FNO2/c1-6(2)10-8-5-7(13)3-4-9(8)14-11(10)12(15)16/h3-6,14H,1-2H3,(H,15,16). The Morgan fingerprint density at radius 2 is 2.12 bits per heavy atom. The maximum atomic E-state index is 13.1. The van der Waals surface area contributed by atoms with Gasteiger partial charge in [-0.25, -0.2) is 9.18 Å². The van der Waals surface area contributed by atoms with E-state index in [4.69, 9.17) is 5.11 Å². The van der Waals surface area contributed by atoms with Crippen LogP contribution in [-0.2, 0) is 0 Å². The van der Waals surface area contributed by atoms with Crippen LogP contribution in [0.2, 0.25) is 0 Å². The summed E-state index contributed by atoms with van der Waals surface area (Å²) < 4.78 is 13.1. The molecule has 0 aliphatic heterocycles. The first-order valence-corrected chi connectivity index (χ1v) is 5.05. The van der Waals surface area contributed by atoms with E-state index in [0.29, 0.717) is 16.5 Å². The van der Waals surface area contributed by atoms with Gasteiger partial charge >= 0.3 is 5.97 Å². The molecule has 16 heavy (non-hydrogen) atoms. The summed E-state index contributed by atoms with van der Waals surface area (Å²) in [6.07, 6.45) is 0. The molecule has 2 rings (SSSR count). The fourth-order valence-electron chi connectivity index (χ4n) is 1.95. The van der Waals surface area contributed by atoms with E-state index in [1.807, 2.05) is 13.8 Å². The number of hydrogen-bond acceptors (Lipinski definition) is 1. The minimum atomic E-state index is -1.01. The number of aromatic nitrogens is 1. The molecule has 84 valence electrons. The van der Waals surface area contributed by atoms with E-state index in [2.05, 4.69) is 4.98 Å². The molecule has 0 atom stereocenters. The predicted molar refractivity (Wildman–Crippen MR) is 59.3 cm³/mol. The molecule has 0 aliphatic rings. The Kier molecular flexibility index (Phi) is 2.42. The first-order valence-electron chi connectivity index (χ1n) is 5.05. The van der Waals surface area contributed by atoms with Gasteiger partial charge < -0.3 is 10.1 Å². The van der Waals surface area contributed by atoms with Crippen molar-refractivity contribution < 1.29 is 14.3 Å². The molecule has 0 bridgehead atoms. The van der Waals surface area contributed by atoms with Gasteiger partial charge in [-0.15, -0.1) is 0 Å².